The topological polar surface area (TPSA) is 119 Å². The van der Waals surface area contributed by atoms with E-state index in [4.69, 9.17) is 0 Å². The molecule has 1 aliphatic carbocycles. The molecule has 1 atom stereocenters. The van der Waals surface area contributed by atoms with E-state index in [1.807, 2.05) is 0 Å². The fourth-order valence-corrected chi connectivity index (χ4v) is 6.78. The average Bonchev–Trinajstić information content (AvgIpc) is 2.83. The van der Waals surface area contributed by atoms with Crippen molar-refractivity contribution in [1.29, 1.82) is 5.26 Å². The third-order valence-electron chi connectivity index (χ3n) is 7.06. The smallest absolute Gasteiger partial charge is 0.229 e. The summed E-state index contributed by atoms with van der Waals surface area (Å²) in [5.41, 5.74) is 5.59. The molecule has 1 aromatic carbocycles. The minimum Gasteiger partial charge on any atom is -0.324 e. The van der Waals surface area contributed by atoms with Crippen LogP contribution in [0.3, 0.4) is 0 Å². The number of rotatable bonds is 5. The maximum absolute atomic E-state index is 12.5. The Hall–Kier alpha value is -3.55. The number of hydrogen-bond donors (Lipinski definition) is 2. The van der Waals surface area contributed by atoms with Crippen molar-refractivity contribution in [3.8, 4) is 6.07 Å². The maximum Gasteiger partial charge on any atom is 0.229 e. The van der Waals surface area contributed by atoms with E-state index in [0.717, 1.165) is 31.6 Å². The van der Waals surface area contributed by atoms with Gasteiger partial charge in [0.2, 0.25) is 5.95 Å². The summed E-state index contributed by atoms with van der Waals surface area (Å²) in [6, 6.07) is 11.9. The van der Waals surface area contributed by atoms with Gasteiger partial charge in [-0.1, -0.05) is 6.07 Å². The van der Waals surface area contributed by atoms with Gasteiger partial charge in [0.05, 0.1) is 15.9 Å². The third kappa shape index (κ3) is 4.52. The van der Waals surface area contributed by atoms with Crippen molar-refractivity contribution in [1.82, 2.24) is 19.9 Å². The fraction of sp³-hybridized carbons (Fsp3) is 0.385. The van der Waals surface area contributed by atoms with Crippen molar-refractivity contribution in [3.63, 3.8) is 0 Å². The highest BCUT2D eigenvalue weighted by atomic mass is 32.2. The van der Waals surface area contributed by atoms with Crippen LogP contribution in [0.1, 0.15) is 47.4 Å². The molecule has 184 valence electrons. The van der Waals surface area contributed by atoms with Gasteiger partial charge in [0.1, 0.15) is 17.5 Å². The molecule has 10 heteroatoms. The lowest BCUT2D eigenvalue weighted by molar-refractivity contribution is 0.266. The Labute approximate surface area is 211 Å². The number of nitrogens with one attached hydrogen (secondary N) is 2. The first-order valence-corrected chi connectivity index (χ1v) is 14.2. The monoisotopic (exact) mass is 500 g/mol. The molecule has 0 saturated carbocycles. The third-order valence-corrected chi connectivity index (χ3v) is 9.44. The first-order valence-electron chi connectivity index (χ1n) is 12.3. The molecule has 36 heavy (non-hydrogen) atoms. The molecule has 1 saturated heterocycles. The van der Waals surface area contributed by atoms with Gasteiger partial charge in [-0.3, -0.25) is 0 Å². The molecule has 9 nitrogen and oxygen atoms in total. The van der Waals surface area contributed by atoms with E-state index in [-0.39, 0.29) is 0 Å². The van der Waals surface area contributed by atoms with Crippen LogP contribution in [0.2, 0.25) is 0 Å². The van der Waals surface area contributed by atoms with E-state index in [1.165, 1.54) is 35.7 Å². The summed E-state index contributed by atoms with van der Waals surface area (Å²) in [5.74, 6) is 3.51. The minimum atomic E-state index is -2.16. The van der Waals surface area contributed by atoms with Gasteiger partial charge in [-0.2, -0.15) is 14.6 Å². The molecule has 0 amide bonds. The van der Waals surface area contributed by atoms with Crippen LogP contribution in [0.15, 0.2) is 40.9 Å². The standard InChI is InChI=1S/C26H28N8OS/c1-34-15-18-6-2-5-17-11-21(12-19(16-34)24(17)18)29-26-28-14-20(13-27)25(32-26)31-22-7-3-8-23(30-22)33-36(35)9-4-10-36/h3,7-8,11-12,14,18H,2,4-6,9-10,15-16H2,1H3,(H2,28,29,30,31,32). The van der Waals surface area contributed by atoms with Gasteiger partial charge in [0.15, 0.2) is 11.6 Å². The Morgan fingerprint density at radius 3 is 2.83 bits per heavy atom. The SMILES string of the molecule is CN1Cc2cc(Nc3ncc(C#N)c(Nc4cccc(N=S5(=O)CCC5)n4)n3)cc3c2C(CCC3)C1. The molecule has 0 spiro atoms. The van der Waals surface area contributed by atoms with Gasteiger partial charge in [-0.05, 0) is 79.6 Å². The van der Waals surface area contributed by atoms with Crippen molar-refractivity contribution in [3.05, 3.63) is 58.8 Å². The van der Waals surface area contributed by atoms with Crippen molar-refractivity contribution < 1.29 is 4.21 Å². The number of hydrogen-bond acceptors (Lipinski definition) is 9. The molecule has 1 fully saturated rings. The Morgan fingerprint density at radius 2 is 2.03 bits per heavy atom. The first-order chi connectivity index (χ1) is 17.5. The molecule has 2 aliphatic heterocycles. The first kappa shape index (κ1) is 22.9. The van der Waals surface area contributed by atoms with Crippen LogP contribution < -0.4 is 10.6 Å². The zero-order valence-electron chi connectivity index (χ0n) is 20.2. The number of aryl methyl sites for hydroxylation is 1. The lowest BCUT2D eigenvalue weighted by Crippen LogP contribution is -2.33. The summed E-state index contributed by atoms with van der Waals surface area (Å²) >= 11 is 0. The summed E-state index contributed by atoms with van der Waals surface area (Å²) in [4.78, 5) is 15.8. The predicted octanol–water partition coefficient (Wildman–Crippen LogP) is 4.60. The summed E-state index contributed by atoms with van der Waals surface area (Å²) in [7, 11) is 0.0229. The Bertz CT molecular complexity index is 1490. The van der Waals surface area contributed by atoms with Gasteiger partial charge >= 0.3 is 0 Å². The summed E-state index contributed by atoms with van der Waals surface area (Å²) < 4.78 is 16.8. The highest BCUT2D eigenvalue weighted by Crippen LogP contribution is 2.40. The summed E-state index contributed by atoms with van der Waals surface area (Å²) in [5, 5.41) is 16.1. The number of aromatic nitrogens is 3. The van der Waals surface area contributed by atoms with Crippen LogP contribution in [0.4, 0.5) is 29.1 Å². The van der Waals surface area contributed by atoms with Gasteiger partial charge in [-0.15, -0.1) is 0 Å². The highest BCUT2D eigenvalue weighted by Gasteiger charge is 2.29. The van der Waals surface area contributed by atoms with Gasteiger partial charge in [0.25, 0.3) is 0 Å². The van der Waals surface area contributed by atoms with Crippen molar-refractivity contribution in [2.45, 2.75) is 38.1 Å². The number of nitriles is 1. The number of likely N-dealkylation sites (N-methyl/N-ethyl adjacent to an activating group) is 1. The van der Waals surface area contributed by atoms with Crippen LogP contribution >= 0.6 is 0 Å². The molecular weight excluding hydrogens is 472 g/mol. The van der Waals surface area contributed by atoms with Crippen LogP contribution in [-0.2, 0) is 22.7 Å². The zero-order valence-corrected chi connectivity index (χ0v) is 21.0. The van der Waals surface area contributed by atoms with Crippen molar-refractivity contribution >= 4 is 38.8 Å². The normalized spacial score (nSPS) is 19.9. The number of pyridine rings is 1. The molecule has 0 bridgehead atoms. The van der Waals surface area contributed by atoms with E-state index in [9.17, 15) is 9.47 Å². The van der Waals surface area contributed by atoms with Crippen LogP contribution in [0.5, 0.6) is 0 Å². The zero-order chi connectivity index (χ0) is 24.7. The van der Waals surface area contributed by atoms with Crippen LogP contribution in [0, 0.1) is 11.3 Å². The molecule has 6 rings (SSSR count). The molecule has 0 radical (unpaired) electrons. The second-order valence-electron chi connectivity index (χ2n) is 9.82. The van der Waals surface area contributed by atoms with Gasteiger partial charge in [0, 0.05) is 30.3 Å². The van der Waals surface area contributed by atoms with Gasteiger partial charge < -0.3 is 15.5 Å². The highest BCUT2D eigenvalue weighted by molar-refractivity contribution is 7.95. The Kier molecular flexibility index (Phi) is 5.82. The predicted molar refractivity (Wildman–Crippen MR) is 141 cm³/mol. The molecule has 1 unspecified atom stereocenters. The molecule has 2 aromatic heterocycles. The fourth-order valence-electron chi connectivity index (χ4n) is 5.38. The van der Waals surface area contributed by atoms with Crippen molar-refractivity contribution in [2.24, 2.45) is 4.36 Å². The second-order valence-corrected chi connectivity index (χ2v) is 12.4. The maximum atomic E-state index is 12.5. The van der Waals surface area contributed by atoms with Gasteiger partial charge in [-0.25, -0.2) is 14.2 Å². The Morgan fingerprint density at radius 1 is 1.17 bits per heavy atom. The number of benzene rings is 1. The largest absolute Gasteiger partial charge is 0.324 e. The lowest BCUT2D eigenvalue weighted by atomic mass is 9.77. The lowest BCUT2D eigenvalue weighted by Gasteiger charge is -2.37. The van der Waals surface area contributed by atoms with E-state index in [0.29, 0.717) is 46.4 Å². The summed E-state index contributed by atoms with van der Waals surface area (Å²) in [6.45, 7) is 2.06. The minimum absolute atomic E-state index is 0.305. The average molecular weight is 501 g/mol. The van der Waals surface area contributed by atoms with Crippen LogP contribution in [0.25, 0.3) is 0 Å². The molecular formula is C26H28N8OS. The van der Waals surface area contributed by atoms with Crippen LogP contribution in [-0.4, -0.2) is 49.2 Å². The van der Waals surface area contributed by atoms with Crippen molar-refractivity contribution in [2.75, 3.05) is 35.7 Å². The van der Waals surface area contributed by atoms with E-state index >= 15 is 0 Å². The molecule has 3 aliphatic rings. The second kappa shape index (κ2) is 9.15. The number of anilines is 4. The molecule has 4 heterocycles. The molecule has 2 N–H and O–H groups in total. The quantitative estimate of drug-likeness (QED) is 0.522. The molecule has 3 aromatic rings. The summed E-state index contributed by atoms with van der Waals surface area (Å²) in [6.07, 6.45) is 6.00. The Balaban J connectivity index is 1.28. The van der Waals surface area contributed by atoms with E-state index in [1.54, 1.807) is 18.2 Å². The number of nitrogens with zero attached hydrogens (tertiary/aromatic N) is 6. The van der Waals surface area contributed by atoms with E-state index in [2.05, 4.69) is 60.1 Å². The van der Waals surface area contributed by atoms with E-state index < -0.39 is 9.73 Å².